The lowest BCUT2D eigenvalue weighted by Gasteiger charge is -2.36. The average Bonchev–Trinajstić information content (AvgIpc) is 2.84. The summed E-state index contributed by atoms with van der Waals surface area (Å²) in [5.41, 5.74) is 3.62. The van der Waals surface area contributed by atoms with E-state index in [0.29, 0.717) is 5.92 Å². The lowest BCUT2D eigenvalue weighted by atomic mass is 9.95. The minimum atomic E-state index is 0.601. The van der Waals surface area contributed by atoms with Crippen molar-refractivity contribution >= 4 is 34.6 Å². The van der Waals surface area contributed by atoms with Crippen molar-refractivity contribution in [1.29, 1.82) is 0 Å². The fraction of sp³-hybridized carbons (Fsp3) is 0.611. The third-order valence-corrected chi connectivity index (χ3v) is 7.64. The highest BCUT2D eigenvalue weighted by atomic mass is 32.2. The molecule has 124 valence electrons. The summed E-state index contributed by atoms with van der Waals surface area (Å²) in [5, 5.41) is 0. The summed E-state index contributed by atoms with van der Waals surface area (Å²) in [4.78, 5) is 11.2. The van der Waals surface area contributed by atoms with Crippen molar-refractivity contribution < 1.29 is 0 Å². The van der Waals surface area contributed by atoms with Crippen LogP contribution in [-0.4, -0.2) is 57.0 Å². The number of nitrogens with one attached hydrogen (secondary N) is 1. The molecule has 0 radical (unpaired) electrons. The van der Waals surface area contributed by atoms with Crippen molar-refractivity contribution in [3.05, 3.63) is 29.6 Å². The van der Waals surface area contributed by atoms with Crippen molar-refractivity contribution in [2.24, 2.45) is 0 Å². The molecule has 0 bridgehead atoms. The number of aromatic amines is 1. The van der Waals surface area contributed by atoms with Crippen LogP contribution >= 0.6 is 23.5 Å². The Morgan fingerprint density at radius 3 is 2.57 bits per heavy atom. The van der Waals surface area contributed by atoms with Crippen LogP contribution < -0.4 is 0 Å². The van der Waals surface area contributed by atoms with Crippen molar-refractivity contribution in [2.45, 2.75) is 31.7 Å². The summed E-state index contributed by atoms with van der Waals surface area (Å²) in [6, 6.07) is 7.19. The number of thioether (sulfide) groups is 2. The molecular weight excluding hydrogens is 322 g/mol. The SMILES string of the molecule is Cc1cccc2[nH]c(C3CCN(C4CSCCSC4)CC3)nc12. The van der Waals surface area contributed by atoms with Gasteiger partial charge in [-0.25, -0.2) is 4.98 Å². The number of aryl methyl sites for hydroxylation is 1. The average molecular weight is 348 g/mol. The number of aromatic nitrogens is 2. The van der Waals surface area contributed by atoms with Gasteiger partial charge in [0.15, 0.2) is 0 Å². The smallest absolute Gasteiger partial charge is 0.110 e. The molecule has 3 heterocycles. The van der Waals surface area contributed by atoms with Crippen LogP contribution in [0.25, 0.3) is 11.0 Å². The maximum Gasteiger partial charge on any atom is 0.110 e. The molecule has 0 saturated carbocycles. The number of rotatable bonds is 2. The van der Waals surface area contributed by atoms with Gasteiger partial charge in [0, 0.05) is 35.0 Å². The highest BCUT2D eigenvalue weighted by Gasteiger charge is 2.28. The molecule has 1 aromatic heterocycles. The molecule has 2 fully saturated rings. The van der Waals surface area contributed by atoms with Gasteiger partial charge in [-0.3, -0.25) is 4.90 Å². The first-order chi connectivity index (χ1) is 11.3. The second-order valence-electron chi connectivity index (χ2n) is 6.71. The number of hydrogen-bond donors (Lipinski definition) is 1. The molecule has 5 heteroatoms. The Bertz CT molecular complexity index is 653. The number of nitrogens with zero attached hydrogens (tertiary/aromatic N) is 2. The third kappa shape index (κ3) is 3.42. The van der Waals surface area contributed by atoms with Gasteiger partial charge in [-0.2, -0.15) is 23.5 Å². The summed E-state index contributed by atoms with van der Waals surface area (Å²) in [6.45, 7) is 4.61. The highest BCUT2D eigenvalue weighted by molar-refractivity contribution is 8.03. The molecular formula is C18H25N3S2. The van der Waals surface area contributed by atoms with Gasteiger partial charge in [0.2, 0.25) is 0 Å². The Labute approximate surface area is 147 Å². The summed E-state index contributed by atoms with van der Waals surface area (Å²) in [6.07, 6.45) is 2.48. The van der Waals surface area contributed by atoms with Crippen LogP contribution in [0, 0.1) is 6.92 Å². The first-order valence-electron chi connectivity index (χ1n) is 8.66. The van der Waals surface area contributed by atoms with Crippen LogP contribution in [0.15, 0.2) is 18.2 Å². The van der Waals surface area contributed by atoms with Crippen molar-refractivity contribution in [3.63, 3.8) is 0 Å². The van der Waals surface area contributed by atoms with Crippen molar-refractivity contribution in [2.75, 3.05) is 36.1 Å². The Morgan fingerprint density at radius 1 is 1.13 bits per heavy atom. The molecule has 3 nitrogen and oxygen atoms in total. The summed E-state index contributed by atoms with van der Waals surface area (Å²) in [5.74, 6) is 7.11. The maximum atomic E-state index is 4.91. The molecule has 23 heavy (non-hydrogen) atoms. The zero-order valence-electron chi connectivity index (χ0n) is 13.8. The number of fused-ring (bicyclic) bond motifs is 1. The topological polar surface area (TPSA) is 31.9 Å². The van der Waals surface area contributed by atoms with Crippen LogP contribution in [0.1, 0.15) is 30.1 Å². The zero-order valence-corrected chi connectivity index (χ0v) is 15.4. The summed E-state index contributed by atoms with van der Waals surface area (Å²) < 4.78 is 0. The lowest BCUT2D eigenvalue weighted by molar-refractivity contribution is 0.175. The number of para-hydroxylation sites is 1. The third-order valence-electron chi connectivity index (χ3n) is 5.16. The van der Waals surface area contributed by atoms with Crippen LogP contribution in [-0.2, 0) is 0 Å². The Morgan fingerprint density at radius 2 is 1.87 bits per heavy atom. The number of piperidine rings is 1. The molecule has 0 atom stereocenters. The molecule has 1 aromatic carbocycles. The Balaban J connectivity index is 1.43. The number of likely N-dealkylation sites (tertiary alicyclic amines) is 1. The first kappa shape index (κ1) is 15.9. The van der Waals surface area contributed by atoms with Crippen LogP contribution in [0.4, 0.5) is 0 Å². The molecule has 0 amide bonds. The normalized spacial score (nSPS) is 22.5. The van der Waals surface area contributed by atoms with Crippen LogP contribution in [0.2, 0.25) is 0 Å². The standard InChI is InChI=1S/C18H25N3S2/c1-13-3-2-4-16-17(13)20-18(19-16)14-5-7-21(8-6-14)15-11-22-9-10-23-12-15/h2-4,14-15H,5-12H2,1H3,(H,19,20). The molecule has 2 aliphatic heterocycles. The van der Waals surface area contributed by atoms with Gasteiger partial charge in [0.1, 0.15) is 5.82 Å². The van der Waals surface area contributed by atoms with E-state index in [9.17, 15) is 0 Å². The van der Waals surface area contributed by atoms with Crippen LogP contribution in [0.5, 0.6) is 0 Å². The molecule has 0 spiro atoms. The fourth-order valence-electron chi connectivity index (χ4n) is 3.74. The van der Waals surface area contributed by atoms with Gasteiger partial charge in [-0.15, -0.1) is 0 Å². The van der Waals surface area contributed by atoms with Crippen molar-refractivity contribution in [3.8, 4) is 0 Å². The second kappa shape index (κ2) is 7.08. The van der Waals surface area contributed by atoms with Gasteiger partial charge in [-0.1, -0.05) is 12.1 Å². The van der Waals surface area contributed by atoms with E-state index in [0.717, 1.165) is 11.6 Å². The van der Waals surface area contributed by atoms with E-state index >= 15 is 0 Å². The number of benzene rings is 1. The lowest BCUT2D eigenvalue weighted by Crippen LogP contribution is -2.43. The molecule has 2 aliphatic rings. The number of H-pyrrole nitrogens is 1. The van der Waals surface area contributed by atoms with E-state index < -0.39 is 0 Å². The second-order valence-corrected chi connectivity index (χ2v) is 9.01. The quantitative estimate of drug-likeness (QED) is 0.893. The van der Waals surface area contributed by atoms with E-state index in [4.69, 9.17) is 4.98 Å². The molecule has 0 aliphatic carbocycles. The molecule has 4 rings (SSSR count). The largest absolute Gasteiger partial charge is 0.342 e. The van der Waals surface area contributed by atoms with E-state index in [1.165, 1.54) is 65.8 Å². The minimum Gasteiger partial charge on any atom is -0.342 e. The monoisotopic (exact) mass is 347 g/mol. The summed E-state index contributed by atoms with van der Waals surface area (Å²) >= 11 is 4.28. The molecule has 0 unspecified atom stereocenters. The number of hydrogen-bond acceptors (Lipinski definition) is 4. The van der Waals surface area contributed by atoms with Crippen LogP contribution in [0.3, 0.4) is 0 Å². The Kier molecular flexibility index (Phi) is 4.88. The highest BCUT2D eigenvalue weighted by Crippen LogP contribution is 2.31. The van der Waals surface area contributed by atoms with E-state index in [1.54, 1.807) is 0 Å². The predicted octanol–water partition coefficient (Wildman–Crippen LogP) is 3.90. The zero-order chi connectivity index (χ0) is 15.6. The van der Waals surface area contributed by atoms with Gasteiger partial charge in [-0.05, 0) is 44.5 Å². The van der Waals surface area contributed by atoms with Crippen molar-refractivity contribution in [1.82, 2.24) is 14.9 Å². The van der Waals surface area contributed by atoms with E-state index in [2.05, 4.69) is 58.5 Å². The number of imidazole rings is 1. The first-order valence-corrected chi connectivity index (χ1v) is 11.0. The fourth-order valence-corrected chi connectivity index (χ4v) is 6.37. The van der Waals surface area contributed by atoms with Gasteiger partial charge < -0.3 is 4.98 Å². The predicted molar refractivity (Wildman–Crippen MR) is 103 cm³/mol. The molecule has 2 saturated heterocycles. The Hall–Kier alpha value is -0.650. The van der Waals surface area contributed by atoms with E-state index in [-0.39, 0.29) is 0 Å². The van der Waals surface area contributed by atoms with Gasteiger partial charge in [0.25, 0.3) is 0 Å². The maximum absolute atomic E-state index is 4.91. The summed E-state index contributed by atoms with van der Waals surface area (Å²) in [7, 11) is 0. The molecule has 2 aromatic rings. The minimum absolute atomic E-state index is 0.601. The van der Waals surface area contributed by atoms with E-state index in [1.807, 2.05) is 0 Å². The molecule has 1 N–H and O–H groups in total. The van der Waals surface area contributed by atoms with Gasteiger partial charge >= 0.3 is 0 Å². The van der Waals surface area contributed by atoms with Gasteiger partial charge in [0.05, 0.1) is 11.0 Å².